The number of carbonyl (C=O) groups excluding carboxylic acids is 1. The first-order valence-corrected chi connectivity index (χ1v) is 7.78. The average molecular weight is 307 g/mol. The number of nitrogens with one attached hydrogen (secondary N) is 1. The van der Waals surface area contributed by atoms with Crippen molar-refractivity contribution in [3.8, 4) is 11.8 Å². The summed E-state index contributed by atoms with van der Waals surface area (Å²) >= 11 is 1.35. The molecule has 114 valence electrons. The van der Waals surface area contributed by atoms with Crippen LogP contribution < -0.4 is 5.32 Å². The summed E-state index contributed by atoms with van der Waals surface area (Å²) in [5.41, 5.74) is 0. The molecule has 1 aliphatic heterocycles. The highest BCUT2D eigenvalue weighted by Crippen LogP contribution is 2.15. The fraction of sp³-hybridized carbons (Fsp3) is 0.533. The minimum absolute atomic E-state index is 0.0568. The number of piperazine rings is 1. The Morgan fingerprint density at radius 2 is 2.29 bits per heavy atom. The monoisotopic (exact) mass is 307 g/mol. The Labute approximate surface area is 129 Å². The van der Waals surface area contributed by atoms with Crippen molar-refractivity contribution in [2.45, 2.75) is 6.04 Å². The van der Waals surface area contributed by atoms with Gasteiger partial charge in [-0.05, 0) is 26.2 Å². The van der Waals surface area contributed by atoms with Gasteiger partial charge in [0, 0.05) is 32.2 Å². The van der Waals surface area contributed by atoms with Crippen molar-refractivity contribution >= 4 is 17.2 Å². The zero-order chi connectivity index (χ0) is 15.2. The van der Waals surface area contributed by atoms with Gasteiger partial charge in [-0.2, -0.15) is 0 Å². The van der Waals surface area contributed by atoms with Crippen LogP contribution in [0.5, 0.6) is 0 Å². The van der Waals surface area contributed by atoms with Crippen LogP contribution in [0.4, 0.5) is 0 Å². The molecule has 1 aromatic heterocycles. The maximum absolute atomic E-state index is 12.1. The van der Waals surface area contributed by atoms with E-state index in [1.165, 1.54) is 11.3 Å². The largest absolute Gasteiger partial charge is 0.384 e. The van der Waals surface area contributed by atoms with Crippen LogP contribution in [0.2, 0.25) is 0 Å². The third-order valence-corrected chi connectivity index (χ3v) is 4.60. The molecule has 1 aliphatic rings. The van der Waals surface area contributed by atoms with Crippen molar-refractivity contribution in [2.75, 3.05) is 46.9 Å². The van der Waals surface area contributed by atoms with Crippen LogP contribution in [0.25, 0.3) is 0 Å². The predicted molar refractivity (Wildman–Crippen MR) is 84.5 cm³/mol. The van der Waals surface area contributed by atoms with Crippen LogP contribution >= 0.6 is 11.3 Å². The molecule has 21 heavy (non-hydrogen) atoms. The molecule has 0 radical (unpaired) electrons. The van der Waals surface area contributed by atoms with Crippen molar-refractivity contribution in [3.05, 3.63) is 21.9 Å². The molecule has 1 atom stereocenters. The van der Waals surface area contributed by atoms with E-state index in [9.17, 15) is 4.79 Å². The molecule has 0 bridgehead atoms. The van der Waals surface area contributed by atoms with E-state index in [4.69, 9.17) is 5.11 Å². The maximum atomic E-state index is 12.1. The molecular weight excluding hydrogens is 286 g/mol. The number of rotatable bonds is 3. The highest BCUT2D eigenvalue weighted by atomic mass is 32.1. The van der Waals surface area contributed by atoms with Gasteiger partial charge in [0.1, 0.15) is 6.61 Å². The first-order valence-electron chi connectivity index (χ1n) is 6.96. The Balaban J connectivity index is 1.88. The molecular formula is C15H21N3O2S. The molecule has 0 aromatic carbocycles. The number of hydrogen-bond donors (Lipinski definition) is 2. The van der Waals surface area contributed by atoms with Crippen LogP contribution in [0.3, 0.4) is 0 Å². The van der Waals surface area contributed by atoms with Crippen molar-refractivity contribution in [3.63, 3.8) is 0 Å². The topological polar surface area (TPSA) is 55.8 Å². The summed E-state index contributed by atoms with van der Waals surface area (Å²) in [6, 6.07) is 3.93. The lowest BCUT2D eigenvalue weighted by Gasteiger charge is -2.37. The van der Waals surface area contributed by atoms with Crippen molar-refractivity contribution in [2.24, 2.45) is 0 Å². The summed E-state index contributed by atoms with van der Waals surface area (Å²) in [4.78, 5) is 18.2. The van der Waals surface area contributed by atoms with E-state index in [0.29, 0.717) is 17.5 Å². The van der Waals surface area contributed by atoms with E-state index in [-0.39, 0.29) is 12.5 Å². The number of amides is 1. The number of nitrogens with zero attached hydrogens (tertiary/aromatic N) is 2. The average Bonchev–Trinajstić information content (AvgIpc) is 2.94. The molecule has 2 heterocycles. The third-order valence-electron chi connectivity index (χ3n) is 3.60. The minimum Gasteiger partial charge on any atom is -0.384 e. The SMILES string of the molecule is CN1CCN(C)C(CNC(=O)c2ccc(C#CCO)s2)C1. The molecule has 1 fully saturated rings. The molecule has 0 spiro atoms. The summed E-state index contributed by atoms with van der Waals surface area (Å²) < 4.78 is 0. The molecule has 1 amide bonds. The summed E-state index contributed by atoms with van der Waals surface area (Å²) in [7, 11) is 4.20. The van der Waals surface area contributed by atoms with Crippen molar-refractivity contribution in [1.29, 1.82) is 0 Å². The zero-order valence-electron chi connectivity index (χ0n) is 12.4. The van der Waals surface area contributed by atoms with Gasteiger partial charge in [-0.25, -0.2) is 0 Å². The Kier molecular flexibility index (Phi) is 5.76. The molecule has 2 rings (SSSR count). The number of thiophene rings is 1. The molecule has 6 heteroatoms. The molecule has 1 saturated heterocycles. The van der Waals surface area contributed by atoms with Gasteiger partial charge in [0.15, 0.2) is 0 Å². The van der Waals surface area contributed by atoms with Gasteiger partial charge in [0.2, 0.25) is 0 Å². The second kappa shape index (κ2) is 7.57. The Morgan fingerprint density at radius 1 is 1.48 bits per heavy atom. The van der Waals surface area contributed by atoms with Crippen LogP contribution in [-0.4, -0.2) is 73.7 Å². The molecule has 0 aliphatic carbocycles. The number of aliphatic hydroxyl groups excluding tert-OH is 1. The zero-order valence-corrected chi connectivity index (χ0v) is 13.2. The molecule has 1 aromatic rings. The van der Waals surface area contributed by atoms with Gasteiger partial charge in [0.05, 0.1) is 9.75 Å². The van der Waals surface area contributed by atoms with Gasteiger partial charge in [-0.15, -0.1) is 11.3 Å². The van der Waals surface area contributed by atoms with Gasteiger partial charge in [-0.3, -0.25) is 9.69 Å². The fourth-order valence-corrected chi connectivity index (χ4v) is 3.07. The summed E-state index contributed by atoms with van der Waals surface area (Å²) in [6.07, 6.45) is 0. The van der Waals surface area contributed by atoms with Crippen LogP contribution in [0, 0.1) is 11.8 Å². The second-order valence-corrected chi connectivity index (χ2v) is 6.31. The Morgan fingerprint density at radius 3 is 3.05 bits per heavy atom. The van der Waals surface area contributed by atoms with E-state index in [1.54, 1.807) is 6.07 Å². The standard InChI is InChI=1S/C15H21N3O2S/c1-17-7-8-18(2)12(11-17)10-16-15(20)14-6-5-13(21-14)4-3-9-19/h5-6,12,19H,7-11H2,1-2H3,(H,16,20). The predicted octanol–water partition coefficient (Wildman–Crippen LogP) is 0.0675. The van der Waals surface area contributed by atoms with Crippen molar-refractivity contribution in [1.82, 2.24) is 15.1 Å². The highest BCUT2D eigenvalue weighted by Gasteiger charge is 2.22. The quantitative estimate of drug-likeness (QED) is 0.776. The van der Waals surface area contributed by atoms with Gasteiger partial charge in [-0.1, -0.05) is 11.8 Å². The van der Waals surface area contributed by atoms with E-state index < -0.39 is 0 Å². The van der Waals surface area contributed by atoms with Gasteiger partial charge < -0.3 is 15.3 Å². The summed E-state index contributed by atoms with van der Waals surface area (Å²) in [5, 5.41) is 11.7. The molecule has 1 unspecified atom stereocenters. The Hall–Kier alpha value is -1.39. The van der Waals surface area contributed by atoms with E-state index in [0.717, 1.165) is 24.5 Å². The maximum Gasteiger partial charge on any atom is 0.261 e. The Bertz CT molecular complexity index is 547. The lowest BCUT2D eigenvalue weighted by Crippen LogP contribution is -2.54. The highest BCUT2D eigenvalue weighted by molar-refractivity contribution is 7.14. The summed E-state index contributed by atoms with van der Waals surface area (Å²) in [6.45, 7) is 3.54. The molecule has 0 saturated carbocycles. The van der Waals surface area contributed by atoms with E-state index >= 15 is 0 Å². The second-order valence-electron chi connectivity index (χ2n) is 5.23. The molecule has 5 nitrogen and oxygen atoms in total. The van der Waals surface area contributed by atoms with Gasteiger partial charge >= 0.3 is 0 Å². The van der Waals surface area contributed by atoms with Crippen LogP contribution in [-0.2, 0) is 0 Å². The molecule has 2 N–H and O–H groups in total. The van der Waals surface area contributed by atoms with Crippen molar-refractivity contribution < 1.29 is 9.90 Å². The lowest BCUT2D eigenvalue weighted by molar-refractivity contribution is 0.0884. The van der Waals surface area contributed by atoms with E-state index in [2.05, 4.69) is 41.1 Å². The van der Waals surface area contributed by atoms with E-state index in [1.807, 2.05) is 6.07 Å². The summed E-state index contributed by atoms with van der Waals surface area (Å²) in [5.74, 6) is 5.34. The number of carbonyl (C=O) groups is 1. The normalized spacial score (nSPS) is 19.9. The first-order chi connectivity index (χ1) is 10.1. The third kappa shape index (κ3) is 4.55. The fourth-order valence-electron chi connectivity index (χ4n) is 2.27. The van der Waals surface area contributed by atoms with Crippen LogP contribution in [0.15, 0.2) is 12.1 Å². The number of likely N-dealkylation sites (N-methyl/N-ethyl adjacent to an activating group) is 2. The smallest absolute Gasteiger partial charge is 0.261 e. The number of aliphatic hydroxyl groups is 1. The first kappa shape index (κ1) is 16.0. The minimum atomic E-state index is -0.166. The lowest BCUT2D eigenvalue weighted by atomic mass is 10.2. The number of hydrogen-bond acceptors (Lipinski definition) is 5. The van der Waals surface area contributed by atoms with Crippen LogP contribution in [0.1, 0.15) is 14.5 Å². The van der Waals surface area contributed by atoms with Gasteiger partial charge in [0.25, 0.3) is 5.91 Å².